The second-order valence-corrected chi connectivity index (χ2v) is 3.92. The third-order valence-corrected chi connectivity index (χ3v) is 2.65. The van der Waals surface area contributed by atoms with Gasteiger partial charge in [-0.25, -0.2) is 8.78 Å². The summed E-state index contributed by atoms with van der Waals surface area (Å²) in [6.07, 6.45) is 0.881. The highest BCUT2D eigenvalue weighted by Gasteiger charge is 2.21. The average Bonchev–Trinajstić information content (AvgIpc) is 2.34. The second kappa shape index (κ2) is 6.30. The molecule has 0 aliphatic rings. The summed E-state index contributed by atoms with van der Waals surface area (Å²) in [5, 5.41) is 11.2. The first-order chi connectivity index (χ1) is 8.51. The number of anilines is 1. The van der Waals surface area contributed by atoms with E-state index in [0.29, 0.717) is 12.8 Å². The lowest BCUT2D eigenvalue weighted by Crippen LogP contribution is -2.36. The molecule has 0 radical (unpaired) electrons. The minimum atomic E-state index is -1.06. The largest absolute Gasteiger partial charge is 0.396 e. The molecule has 0 aliphatic heterocycles. The van der Waals surface area contributed by atoms with Gasteiger partial charge in [0.05, 0.1) is 5.69 Å². The predicted octanol–water partition coefficient (Wildman–Crippen LogP) is 1.44. The fraction of sp³-hybridized carbons (Fsp3) is 0.417. The number of benzene rings is 1. The van der Waals surface area contributed by atoms with Crippen LogP contribution in [0.25, 0.3) is 0 Å². The molecular formula is C12H16F2N2O2. The Kier molecular flexibility index (Phi) is 5.03. The molecule has 0 fully saturated rings. The normalized spacial score (nSPS) is 12.2. The van der Waals surface area contributed by atoms with E-state index < -0.39 is 23.1 Å². The molecular weight excluding hydrogens is 242 g/mol. The van der Waals surface area contributed by atoms with Gasteiger partial charge in [0.15, 0.2) is 5.82 Å². The van der Waals surface area contributed by atoms with E-state index in [1.165, 1.54) is 0 Å². The van der Waals surface area contributed by atoms with Gasteiger partial charge in [-0.3, -0.25) is 4.79 Å². The van der Waals surface area contributed by atoms with Gasteiger partial charge in [0.25, 0.3) is 5.91 Å². The highest BCUT2D eigenvalue weighted by atomic mass is 19.1. The Hall–Kier alpha value is -1.69. The topological polar surface area (TPSA) is 75.3 Å². The Morgan fingerprint density at radius 3 is 2.72 bits per heavy atom. The van der Waals surface area contributed by atoms with Gasteiger partial charge in [0.2, 0.25) is 0 Å². The number of nitrogens with two attached hydrogens (primary N) is 1. The molecule has 0 heterocycles. The van der Waals surface area contributed by atoms with Crippen molar-refractivity contribution in [3.05, 3.63) is 29.3 Å². The maximum Gasteiger partial charge on any atom is 0.257 e. The van der Waals surface area contributed by atoms with Crippen LogP contribution in [0.15, 0.2) is 12.1 Å². The van der Waals surface area contributed by atoms with E-state index in [0.717, 1.165) is 12.1 Å². The van der Waals surface area contributed by atoms with Crippen molar-refractivity contribution in [1.29, 1.82) is 0 Å². The molecule has 100 valence electrons. The summed E-state index contributed by atoms with van der Waals surface area (Å²) in [5.41, 5.74) is 4.32. The number of carbonyl (C=O) groups is 1. The summed E-state index contributed by atoms with van der Waals surface area (Å²) in [6.45, 7) is 1.69. The Morgan fingerprint density at radius 1 is 1.50 bits per heavy atom. The summed E-state index contributed by atoms with van der Waals surface area (Å²) in [5.74, 6) is -2.89. The number of rotatable bonds is 5. The van der Waals surface area contributed by atoms with E-state index in [1.54, 1.807) is 6.92 Å². The number of halogens is 2. The highest BCUT2D eigenvalue weighted by Crippen LogP contribution is 2.18. The van der Waals surface area contributed by atoms with E-state index in [1.807, 2.05) is 0 Å². The van der Waals surface area contributed by atoms with Crippen molar-refractivity contribution < 1.29 is 18.7 Å². The molecule has 1 aromatic rings. The van der Waals surface area contributed by atoms with Crippen molar-refractivity contribution >= 4 is 11.6 Å². The van der Waals surface area contributed by atoms with Crippen molar-refractivity contribution in [1.82, 2.24) is 5.32 Å². The third kappa shape index (κ3) is 3.16. The van der Waals surface area contributed by atoms with E-state index in [4.69, 9.17) is 10.8 Å². The zero-order valence-corrected chi connectivity index (χ0v) is 10.0. The van der Waals surface area contributed by atoms with Crippen LogP contribution in [0.1, 0.15) is 30.1 Å². The lowest BCUT2D eigenvalue weighted by molar-refractivity contribution is 0.0920. The molecule has 1 rings (SSSR count). The molecule has 0 aliphatic carbocycles. The molecule has 6 heteroatoms. The molecule has 18 heavy (non-hydrogen) atoms. The standard InChI is InChI=1S/C12H16F2N2O2/c1-2-7(5-6-17)16-12(18)10-8(13)3-4-9(15)11(10)14/h3-4,7,17H,2,5-6,15H2,1H3,(H,16,18). The molecule has 0 saturated heterocycles. The van der Waals surface area contributed by atoms with Crippen LogP contribution in [0, 0.1) is 11.6 Å². The number of hydrogen-bond donors (Lipinski definition) is 3. The van der Waals surface area contributed by atoms with Gasteiger partial charge >= 0.3 is 0 Å². The first kappa shape index (κ1) is 14.4. The first-order valence-electron chi connectivity index (χ1n) is 5.66. The van der Waals surface area contributed by atoms with Gasteiger partial charge in [-0.05, 0) is 25.0 Å². The Labute approximate surface area is 104 Å². The number of nitrogen functional groups attached to an aromatic ring is 1. The third-order valence-electron chi connectivity index (χ3n) is 2.65. The zero-order valence-electron chi connectivity index (χ0n) is 10.0. The molecule has 1 atom stereocenters. The van der Waals surface area contributed by atoms with Crippen molar-refractivity contribution in [2.75, 3.05) is 12.3 Å². The summed E-state index contributed by atoms with van der Waals surface area (Å²) in [7, 11) is 0. The first-order valence-corrected chi connectivity index (χ1v) is 5.66. The maximum atomic E-state index is 13.6. The van der Waals surface area contributed by atoms with Crippen LogP contribution in [0.3, 0.4) is 0 Å². The van der Waals surface area contributed by atoms with Gasteiger partial charge in [0, 0.05) is 12.6 Å². The molecule has 0 aromatic heterocycles. The van der Waals surface area contributed by atoms with E-state index >= 15 is 0 Å². The molecule has 4 nitrogen and oxygen atoms in total. The van der Waals surface area contributed by atoms with Crippen molar-refractivity contribution in [2.24, 2.45) is 0 Å². The van der Waals surface area contributed by atoms with Crippen LogP contribution in [0.4, 0.5) is 14.5 Å². The lowest BCUT2D eigenvalue weighted by atomic mass is 10.1. The fourth-order valence-electron chi connectivity index (χ4n) is 1.57. The van der Waals surface area contributed by atoms with Crippen LogP contribution in [-0.4, -0.2) is 23.7 Å². The minimum Gasteiger partial charge on any atom is -0.396 e. The number of amides is 1. The quantitative estimate of drug-likeness (QED) is 0.699. The SMILES string of the molecule is CCC(CCO)NC(=O)c1c(F)ccc(N)c1F. The van der Waals surface area contributed by atoms with Crippen LogP contribution < -0.4 is 11.1 Å². The van der Waals surface area contributed by atoms with Gasteiger partial charge in [-0.2, -0.15) is 0 Å². The summed E-state index contributed by atoms with van der Waals surface area (Å²) < 4.78 is 27.0. The fourth-order valence-corrected chi connectivity index (χ4v) is 1.57. The number of nitrogens with one attached hydrogen (secondary N) is 1. The molecule has 4 N–H and O–H groups in total. The van der Waals surface area contributed by atoms with Gasteiger partial charge < -0.3 is 16.2 Å². The van der Waals surface area contributed by atoms with E-state index in [-0.39, 0.29) is 18.3 Å². The average molecular weight is 258 g/mol. The Balaban J connectivity index is 2.93. The minimum absolute atomic E-state index is 0.110. The highest BCUT2D eigenvalue weighted by molar-refractivity contribution is 5.95. The lowest BCUT2D eigenvalue weighted by Gasteiger charge is -2.16. The number of aliphatic hydroxyl groups excluding tert-OH is 1. The molecule has 0 bridgehead atoms. The van der Waals surface area contributed by atoms with Gasteiger partial charge in [-0.15, -0.1) is 0 Å². The van der Waals surface area contributed by atoms with Crippen molar-refractivity contribution in [3.8, 4) is 0 Å². The Bertz CT molecular complexity index is 438. The Morgan fingerprint density at radius 2 is 2.17 bits per heavy atom. The van der Waals surface area contributed by atoms with Crippen molar-refractivity contribution in [2.45, 2.75) is 25.8 Å². The smallest absolute Gasteiger partial charge is 0.257 e. The zero-order chi connectivity index (χ0) is 13.7. The van der Waals surface area contributed by atoms with Gasteiger partial charge in [0.1, 0.15) is 11.4 Å². The van der Waals surface area contributed by atoms with Crippen LogP contribution in [-0.2, 0) is 0 Å². The summed E-state index contributed by atoms with van der Waals surface area (Å²) in [4.78, 5) is 11.8. The summed E-state index contributed by atoms with van der Waals surface area (Å²) in [6, 6.07) is 1.68. The van der Waals surface area contributed by atoms with E-state index in [9.17, 15) is 13.6 Å². The number of hydrogen-bond acceptors (Lipinski definition) is 3. The second-order valence-electron chi connectivity index (χ2n) is 3.92. The van der Waals surface area contributed by atoms with Crippen LogP contribution in [0.5, 0.6) is 0 Å². The molecule has 1 aromatic carbocycles. The predicted molar refractivity (Wildman–Crippen MR) is 64.0 cm³/mol. The van der Waals surface area contributed by atoms with Crippen molar-refractivity contribution in [3.63, 3.8) is 0 Å². The van der Waals surface area contributed by atoms with E-state index in [2.05, 4.69) is 5.32 Å². The number of aliphatic hydroxyl groups is 1. The van der Waals surface area contributed by atoms with Crippen LogP contribution >= 0.6 is 0 Å². The molecule has 0 saturated carbocycles. The monoisotopic (exact) mass is 258 g/mol. The molecule has 1 unspecified atom stereocenters. The number of carbonyl (C=O) groups excluding carboxylic acids is 1. The summed E-state index contributed by atoms with van der Waals surface area (Å²) >= 11 is 0. The molecule has 0 spiro atoms. The van der Waals surface area contributed by atoms with Gasteiger partial charge in [-0.1, -0.05) is 6.92 Å². The van der Waals surface area contributed by atoms with Crippen LogP contribution in [0.2, 0.25) is 0 Å². The maximum absolute atomic E-state index is 13.6. The molecule has 1 amide bonds.